The lowest BCUT2D eigenvalue weighted by atomic mass is 10.1. The Kier molecular flexibility index (Phi) is 5.75. The number of carbonyl (C=O) groups is 2. The first-order valence-corrected chi connectivity index (χ1v) is 8.23. The molecule has 0 aliphatic carbocycles. The zero-order valence-electron chi connectivity index (χ0n) is 14.6. The Balaban J connectivity index is 1.79. The summed E-state index contributed by atoms with van der Waals surface area (Å²) in [4.78, 5) is 44.1. The lowest BCUT2D eigenvalue weighted by Gasteiger charge is -2.16. The molecule has 0 aliphatic heterocycles. The van der Waals surface area contributed by atoms with E-state index in [4.69, 9.17) is 4.74 Å². The molecular weight excluding hydrogens is 364 g/mol. The highest BCUT2D eigenvalue weighted by Crippen LogP contribution is 2.16. The standard InChI is InChI=1S/C19H16N4O5/c24-17-15(22-19(27)28-11-13-5-2-1-3-6-13)10-21-12-23(17)16(18(25)26)14-7-4-8-20-9-14/h1-10,12,16H,11H2,(H,22,27)(H,25,26). The predicted octanol–water partition coefficient (Wildman–Crippen LogP) is 2.06. The number of pyridine rings is 1. The summed E-state index contributed by atoms with van der Waals surface area (Å²) < 4.78 is 5.98. The number of benzene rings is 1. The first-order chi connectivity index (χ1) is 13.6. The van der Waals surface area contributed by atoms with E-state index in [0.717, 1.165) is 22.7 Å². The number of aromatic nitrogens is 3. The number of carbonyl (C=O) groups excluding carboxylic acids is 1. The number of carboxylic acid groups (broad SMARTS) is 1. The van der Waals surface area contributed by atoms with Crippen molar-refractivity contribution in [3.05, 3.63) is 88.9 Å². The summed E-state index contributed by atoms with van der Waals surface area (Å²) in [7, 11) is 0. The second-order valence-electron chi connectivity index (χ2n) is 5.73. The Labute approximate surface area is 159 Å². The number of aliphatic carboxylic acids is 1. The smallest absolute Gasteiger partial charge is 0.412 e. The van der Waals surface area contributed by atoms with Crippen LogP contribution in [0.3, 0.4) is 0 Å². The normalized spacial score (nSPS) is 11.4. The van der Waals surface area contributed by atoms with Gasteiger partial charge in [0.15, 0.2) is 6.04 Å². The van der Waals surface area contributed by atoms with Gasteiger partial charge in [-0.2, -0.15) is 0 Å². The first kappa shape index (κ1) is 18.8. The average Bonchev–Trinajstić information content (AvgIpc) is 2.71. The van der Waals surface area contributed by atoms with Crippen LogP contribution >= 0.6 is 0 Å². The van der Waals surface area contributed by atoms with Crippen molar-refractivity contribution < 1.29 is 19.4 Å². The number of carboxylic acids is 1. The van der Waals surface area contributed by atoms with Crippen LogP contribution in [0.1, 0.15) is 17.2 Å². The van der Waals surface area contributed by atoms with E-state index in [2.05, 4.69) is 15.3 Å². The number of hydrogen-bond donors (Lipinski definition) is 2. The molecule has 0 spiro atoms. The van der Waals surface area contributed by atoms with Gasteiger partial charge in [0.2, 0.25) is 0 Å². The quantitative estimate of drug-likeness (QED) is 0.671. The van der Waals surface area contributed by atoms with Crippen molar-refractivity contribution in [1.29, 1.82) is 0 Å². The molecule has 3 aromatic rings. The fraction of sp³-hybridized carbons (Fsp3) is 0.105. The van der Waals surface area contributed by atoms with Crippen LogP contribution in [-0.4, -0.2) is 31.7 Å². The summed E-state index contributed by atoms with van der Waals surface area (Å²) in [5, 5.41) is 11.9. The second-order valence-corrected chi connectivity index (χ2v) is 5.73. The molecule has 1 unspecified atom stereocenters. The molecule has 142 valence electrons. The molecule has 0 radical (unpaired) electrons. The summed E-state index contributed by atoms with van der Waals surface area (Å²) in [6.07, 6.45) is 4.21. The van der Waals surface area contributed by atoms with Gasteiger partial charge in [-0.15, -0.1) is 0 Å². The molecule has 9 heteroatoms. The monoisotopic (exact) mass is 380 g/mol. The van der Waals surface area contributed by atoms with Crippen molar-refractivity contribution in [2.75, 3.05) is 5.32 Å². The molecule has 0 saturated carbocycles. The van der Waals surface area contributed by atoms with Crippen molar-refractivity contribution in [3.8, 4) is 0 Å². The van der Waals surface area contributed by atoms with E-state index in [1.165, 1.54) is 18.5 Å². The number of nitrogens with zero attached hydrogens (tertiary/aromatic N) is 3. The van der Waals surface area contributed by atoms with Crippen LogP contribution in [0, 0.1) is 0 Å². The zero-order valence-corrected chi connectivity index (χ0v) is 14.6. The molecule has 0 aliphatic rings. The highest BCUT2D eigenvalue weighted by atomic mass is 16.5. The molecule has 2 heterocycles. The Morgan fingerprint density at radius 1 is 1.11 bits per heavy atom. The minimum Gasteiger partial charge on any atom is -0.479 e. The number of amides is 1. The molecule has 3 rings (SSSR count). The fourth-order valence-electron chi connectivity index (χ4n) is 2.53. The Hall–Kier alpha value is -4.01. The van der Waals surface area contributed by atoms with Crippen molar-refractivity contribution in [1.82, 2.24) is 14.5 Å². The first-order valence-electron chi connectivity index (χ1n) is 8.23. The molecule has 1 atom stereocenters. The van der Waals surface area contributed by atoms with E-state index in [-0.39, 0.29) is 12.3 Å². The zero-order chi connectivity index (χ0) is 19.9. The van der Waals surface area contributed by atoms with E-state index in [9.17, 15) is 19.5 Å². The minimum atomic E-state index is -1.34. The summed E-state index contributed by atoms with van der Waals surface area (Å²) in [5.74, 6) is -1.26. The molecule has 9 nitrogen and oxygen atoms in total. The third-order valence-corrected chi connectivity index (χ3v) is 3.82. The number of ether oxygens (including phenoxy) is 1. The average molecular weight is 380 g/mol. The van der Waals surface area contributed by atoms with E-state index in [0.29, 0.717) is 5.56 Å². The summed E-state index contributed by atoms with van der Waals surface area (Å²) in [5.41, 5.74) is 0.144. The van der Waals surface area contributed by atoms with E-state index in [1.54, 1.807) is 30.3 Å². The number of hydrogen-bond acceptors (Lipinski definition) is 6. The topological polar surface area (TPSA) is 123 Å². The summed E-state index contributed by atoms with van der Waals surface area (Å²) >= 11 is 0. The Morgan fingerprint density at radius 2 is 1.89 bits per heavy atom. The molecule has 0 bridgehead atoms. The molecule has 28 heavy (non-hydrogen) atoms. The van der Waals surface area contributed by atoms with Crippen LogP contribution < -0.4 is 10.9 Å². The van der Waals surface area contributed by atoms with Crippen LogP contribution in [0.4, 0.5) is 10.5 Å². The summed E-state index contributed by atoms with van der Waals surface area (Å²) in [6.45, 7) is 0.0224. The largest absolute Gasteiger partial charge is 0.479 e. The van der Waals surface area contributed by atoms with Gasteiger partial charge in [-0.05, 0) is 11.6 Å². The van der Waals surface area contributed by atoms with Gasteiger partial charge in [-0.25, -0.2) is 14.6 Å². The number of rotatable bonds is 6. The van der Waals surface area contributed by atoms with Crippen LogP contribution in [0.15, 0.2) is 72.2 Å². The van der Waals surface area contributed by atoms with Gasteiger partial charge in [-0.1, -0.05) is 36.4 Å². The van der Waals surface area contributed by atoms with Crippen molar-refractivity contribution in [3.63, 3.8) is 0 Å². The van der Waals surface area contributed by atoms with Gasteiger partial charge in [-0.3, -0.25) is 19.7 Å². The highest BCUT2D eigenvalue weighted by Gasteiger charge is 2.24. The van der Waals surface area contributed by atoms with Crippen molar-refractivity contribution in [2.45, 2.75) is 12.6 Å². The fourth-order valence-corrected chi connectivity index (χ4v) is 2.53. The molecule has 1 aromatic carbocycles. The van der Waals surface area contributed by atoms with E-state index in [1.807, 2.05) is 6.07 Å². The lowest BCUT2D eigenvalue weighted by Crippen LogP contribution is -2.33. The second kappa shape index (κ2) is 8.58. The molecule has 0 fully saturated rings. The van der Waals surface area contributed by atoms with E-state index >= 15 is 0 Å². The lowest BCUT2D eigenvalue weighted by molar-refractivity contribution is -0.139. The Bertz CT molecular complexity index is 1020. The Morgan fingerprint density at radius 3 is 2.57 bits per heavy atom. The minimum absolute atomic E-state index is 0.0224. The number of nitrogens with one attached hydrogen (secondary N) is 1. The van der Waals surface area contributed by atoms with Gasteiger partial charge >= 0.3 is 12.1 Å². The maximum Gasteiger partial charge on any atom is 0.412 e. The molecular formula is C19H16N4O5. The third-order valence-electron chi connectivity index (χ3n) is 3.82. The molecule has 2 N–H and O–H groups in total. The van der Waals surface area contributed by atoms with Gasteiger partial charge < -0.3 is 9.84 Å². The summed E-state index contributed by atoms with van der Waals surface area (Å²) in [6, 6.07) is 10.8. The van der Waals surface area contributed by atoms with Crippen molar-refractivity contribution >= 4 is 17.7 Å². The highest BCUT2D eigenvalue weighted by molar-refractivity contribution is 5.84. The third kappa shape index (κ3) is 4.39. The maximum absolute atomic E-state index is 12.7. The molecule has 1 amide bonds. The van der Waals surface area contributed by atoms with Gasteiger partial charge in [0.1, 0.15) is 12.3 Å². The van der Waals surface area contributed by atoms with Gasteiger partial charge in [0.25, 0.3) is 5.56 Å². The van der Waals surface area contributed by atoms with Crippen LogP contribution in [0.2, 0.25) is 0 Å². The molecule has 0 saturated heterocycles. The van der Waals surface area contributed by atoms with Gasteiger partial charge in [0, 0.05) is 18.0 Å². The maximum atomic E-state index is 12.7. The van der Waals surface area contributed by atoms with Gasteiger partial charge in [0.05, 0.1) is 12.5 Å². The number of anilines is 1. The van der Waals surface area contributed by atoms with Crippen LogP contribution in [0.5, 0.6) is 0 Å². The van der Waals surface area contributed by atoms with Crippen LogP contribution in [0.25, 0.3) is 0 Å². The van der Waals surface area contributed by atoms with E-state index < -0.39 is 23.7 Å². The van der Waals surface area contributed by atoms with Crippen molar-refractivity contribution in [2.24, 2.45) is 0 Å². The predicted molar refractivity (Wildman–Crippen MR) is 98.8 cm³/mol. The van der Waals surface area contributed by atoms with Crippen LogP contribution in [-0.2, 0) is 16.1 Å². The SMILES string of the molecule is O=C(Nc1cncn(C(C(=O)O)c2cccnc2)c1=O)OCc1ccccc1. The molecule has 2 aromatic heterocycles.